The van der Waals surface area contributed by atoms with Crippen LogP contribution >= 0.6 is 0 Å². The van der Waals surface area contributed by atoms with E-state index in [1.807, 2.05) is 11.9 Å². The Balaban J connectivity index is 1.79. The summed E-state index contributed by atoms with van der Waals surface area (Å²) >= 11 is 0. The highest BCUT2D eigenvalue weighted by molar-refractivity contribution is 5.96. The van der Waals surface area contributed by atoms with E-state index >= 15 is 0 Å². The Morgan fingerprint density at radius 3 is 2.76 bits per heavy atom. The van der Waals surface area contributed by atoms with E-state index in [2.05, 4.69) is 15.3 Å². The topological polar surface area (TPSA) is 100 Å². The Bertz CT molecular complexity index is 893. The molecule has 3 rings (SSSR count). The van der Waals surface area contributed by atoms with Crippen LogP contribution in [0.3, 0.4) is 0 Å². The second-order valence-electron chi connectivity index (χ2n) is 6.54. The van der Waals surface area contributed by atoms with Gasteiger partial charge in [0.05, 0.1) is 10.9 Å². The van der Waals surface area contributed by atoms with Crippen molar-refractivity contribution in [3.8, 4) is 0 Å². The molecule has 2 aromatic heterocycles. The first-order valence-electron chi connectivity index (χ1n) is 8.54. The zero-order chi connectivity index (χ0) is 18.0. The zero-order valence-electron chi connectivity index (χ0n) is 14.5. The number of rotatable bonds is 4. The molecule has 0 radical (unpaired) electrons. The van der Waals surface area contributed by atoms with E-state index < -0.39 is 11.2 Å². The summed E-state index contributed by atoms with van der Waals surface area (Å²) in [6.07, 6.45) is 4.54. The molecule has 1 saturated heterocycles. The number of hydrogen-bond acceptors (Lipinski definition) is 5. The number of carbonyl (C=O) groups is 1. The summed E-state index contributed by atoms with van der Waals surface area (Å²) < 4.78 is 1.26. The highest BCUT2D eigenvalue weighted by atomic mass is 16.2. The second kappa shape index (κ2) is 7.18. The van der Waals surface area contributed by atoms with Crippen LogP contribution in [0.15, 0.2) is 21.9 Å². The number of amides is 1. The molecule has 0 spiro atoms. The Morgan fingerprint density at radius 1 is 1.36 bits per heavy atom. The van der Waals surface area contributed by atoms with Crippen molar-refractivity contribution in [1.82, 2.24) is 24.8 Å². The lowest BCUT2D eigenvalue weighted by molar-refractivity contribution is 0.0687. The molecule has 1 amide bonds. The minimum Gasteiger partial charge on any atom is -0.339 e. The quantitative estimate of drug-likeness (QED) is 0.818. The predicted molar refractivity (Wildman–Crippen MR) is 94.8 cm³/mol. The molecule has 8 heteroatoms. The van der Waals surface area contributed by atoms with Gasteiger partial charge in [0.15, 0.2) is 0 Å². The molecule has 0 unspecified atom stereocenters. The van der Waals surface area contributed by atoms with Gasteiger partial charge in [0.25, 0.3) is 11.5 Å². The lowest BCUT2D eigenvalue weighted by Crippen LogP contribution is -2.39. The normalized spacial score (nSPS) is 15.7. The van der Waals surface area contributed by atoms with Crippen molar-refractivity contribution >= 4 is 16.9 Å². The number of H-pyrrole nitrogens is 1. The van der Waals surface area contributed by atoms with Crippen molar-refractivity contribution in [2.24, 2.45) is 13.0 Å². The van der Waals surface area contributed by atoms with E-state index in [1.165, 1.54) is 23.9 Å². The third-order valence-electron chi connectivity index (χ3n) is 4.91. The minimum atomic E-state index is -0.522. The first-order valence-corrected chi connectivity index (χ1v) is 8.54. The van der Waals surface area contributed by atoms with E-state index in [1.54, 1.807) is 0 Å². The molecule has 1 fully saturated rings. The largest absolute Gasteiger partial charge is 0.339 e. The summed E-state index contributed by atoms with van der Waals surface area (Å²) in [5.41, 5.74) is -0.389. The van der Waals surface area contributed by atoms with Gasteiger partial charge >= 0.3 is 5.69 Å². The third kappa shape index (κ3) is 3.48. The van der Waals surface area contributed by atoms with Gasteiger partial charge < -0.3 is 10.2 Å². The lowest BCUT2D eigenvalue weighted by Gasteiger charge is -2.32. The van der Waals surface area contributed by atoms with Crippen molar-refractivity contribution in [3.63, 3.8) is 0 Å². The Morgan fingerprint density at radius 2 is 2.08 bits per heavy atom. The molecule has 0 bridgehead atoms. The van der Waals surface area contributed by atoms with Crippen LogP contribution < -0.4 is 16.6 Å². The molecule has 1 aliphatic rings. The number of nitrogens with one attached hydrogen (secondary N) is 2. The maximum Gasteiger partial charge on any atom is 0.329 e. The van der Waals surface area contributed by atoms with E-state index in [9.17, 15) is 14.4 Å². The average molecular weight is 345 g/mol. The van der Waals surface area contributed by atoms with Crippen molar-refractivity contribution in [2.75, 3.05) is 26.7 Å². The van der Waals surface area contributed by atoms with E-state index in [4.69, 9.17) is 0 Å². The summed E-state index contributed by atoms with van der Waals surface area (Å²) in [7, 11) is 3.48. The number of nitrogens with zero attached hydrogens (tertiary/aromatic N) is 3. The molecule has 2 aromatic rings. The van der Waals surface area contributed by atoms with Gasteiger partial charge in [-0.25, -0.2) is 9.78 Å². The van der Waals surface area contributed by atoms with Gasteiger partial charge in [0.1, 0.15) is 5.65 Å². The number of piperidine rings is 1. The molecular weight excluding hydrogens is 322 g/mol. The number of aromatic nitrogens is 3. The van der Waals surface area contributed by atoms with Crippen molar-refractivity contribution in [1.29, 1.82) is 0 Å². The summed E-state index contributed by atoms with van der Waals surface area (Å²) in [5, 5.41) is 3.41. The van der Waals surface area contributed by atoms with Gasteiger partial charge in [-0.15, -0.1) is 0 Å². The fourth-order valence-corrected chi connectivity index (χ4v) is 3.31. The fourth-order valence-electron chi connectivity index (χ4n) is 3.31. The maximum absolute atomic E-state index is 12.7. The van der Waals surface area contributed by atoms with E-state index in [0.717, 1.165) is 38.9 Å². The molecule has 0 atom stereocenters. The standard InChI is InChI=1S/C17H23N5O3/c1-18-6-3-11-4-7-22(8-5-11)16(24)12-9-13-14(19-10-12)21(2)17(25)20-15(13)23/h9-11,18H,3-8H2,1-2H3,(H,20,23,25). The van der Waals surface area contributed by atoms with Crippen LogP contribution in [-0.2, 0) is 7.05 Å². The van der Waals surface area contributed by atoms with Gasteiger partial charge in [-0.2, -0.15) is 0 Å². The molecule has 0 aromatic carbocycles. The molecule has 2 N–H and O–H groups in total. The van der Waals surface area contributed by atoms with Crippen LogP contribution in [0.2, 0.25) is 0 Å². The number of aromatic amines is 1. The Hall–Kier alpha value is -2.48. The number of carbonyl (C=O) groups excluding carboxylic acids is 1. The monoisotopic (exact) mass is 345 g/mol. The minimum absolute atomic E-state index is 0.116. The smallest absolute Gasteiger partial charge is 0.329 e. The molecule has 0 aliphatic carbocycles. The molecule has 134 valence electrons. The van der Waals surface area contributed by atoms with Crippen LogP contribution in [0.4, 0.5) is 0 Å². The molecule has 8 nitrogen and oxygen atoms in total. The highest BCUT2D eigenvalue weighted by Gasteiger charge is 2.24. The van der Waals surface area contributed by atoms with Gasteiger partial charge in [-0.05, 0) is 44.8 Å². The van der Waals surface area contributed by atoms with Crippen LogP contribution in [0.1, 0.15) is 29.6 Å². The van der Waals surface area contributed by atoms with Gasteiger partial charge in [0.2, 0.25) is 0 Å². The van der Waals surface area contributed by atoms with Crippen LogP contribution in [-0.4, -0.2) is 52.0 Å². The average Bonchev–Trinajstić information content (AvgIpc) is 2.64. The molecule has 0 saturated carbocycles. The predicted octanol–water partition coefficient (Wildman–Crippen LogP) is 0.0835. The molecule has 3 heterocycles. The second-order valence-corrected chi connectivity index (χ2v) is 6.54. The molecular formula is C17H23N5O3. The van der Waals surface area contributed by atoms with E-state index in [0.29, 0.717) is 11.5 Å². The molecule has 25 heavy (non-hydrogen) atoms. The maximum atomic E-state index is 12.7. The first-order chi connectivity index (χ1) is 12.0. The fraction of sp³-hybridized carbons (Fsp3) is 0.529. The van der Waals surface area contributed by atoms with Gasteiger partial charge in [-0.1, -0.05) is 0 Å². The van der Waals surface area contributed by atoms with Gasteiger partial charge in [0, 0.05) is 26.3 Å². The summed E-state index contributed by atoms with van der Waals surface area (Å²) in [5.74, 6) is 0.526. The summed E-state index contributed by atoms with van der Waals surface area (Å²) in [6.45, 7) is 2.43. The summed E-state index contributed by atoms with van der Waals surface area (Å²) in [4.78, 5) is 44.5. The van der Waals surface area contributed by atoms with Crippen LogP contribution in [0.5, 0.6) is 0 Å². The number of fused-ring (bicyclic) bond motifs is 1. The zero-order valence-corrected chi connectivity index (χ0v) is 14.5. The number of aryl methyl sites for hydroxylation is 1. The van der Waals surface area contributed by atoms with E-state index in [-0.39, 0.29) is 16.9 Å². The Labute approximate surface area is 144 Å². The lowest BCUT2D eigenvalue weighted by atomic mass is 9.93. The number of hydrogen-bond donors (Lipinski definition) is 2. The Kier molecular flexibility index (Phi) is 4.98. The van der Waals surface area contributed by atoms with Gasteiger partial charge in [-0.3, -0.25) is 19.1 Å². The first kappa shape index (κ1) is 17.3. The SMILES string of the molecule is CNCCC1CCN(C(=O)c2cnc3c(c2)c(=O)[nH]c(=O)n3C)CC1. The number of pyridine rings is 1. The van der Waals surface area contributed by atoms with Crippen LogP contribution in [0, 0.1) is 5.92 Å². The summed E-state index contributed by atoms with van der Waals surface area (Å²) in [6, 6.07) is 1.52. The van der Waals surface area contributed by atoms with Crippen molar-refractivity contribution in [3.05, 3.63) is 38.7 Å². The highest BCUT2D eigenvalue weighted by Crippen LogP contribution is 2.21. The molecule has 1 aliphatic heterocycles. The van der Waals surface area contributed by atoms with Crippen molar-refractivity contribution in [2.45, 2.75) is 19.3 Å². The van der Waals surface area contributed by atoms with Crippen LogP contribution in [0.25, 0.3) is 11.0 Å². The van der Waals surface area contributed by atoms with Crippen molar-refractivity contribution < 1.29 is 4.79 Å². The number of likely N-dealkylation sites (tertiary alicyclic amines) is 1. The third-order valence-corrected chi connectivity index (χ3v) is 4.91.